The van der Waals surface area contributed by atoms with Crippen LogP contribution in [0.5, 0.6) is 5.88 Å². The monoisotopic (exact) mass is 677 g/mol. The fourth-order valence-electron chi connectivity index (χ4n) is 5.37. The molecule has 1 aromatic heterocycles. The van der Waals surface area contributed by atoms with Crippen LogP contribution < -0.4 is 15.4 Å². The van der Waals surface area contributed by atoms with Crippen molar-refractivity contribution in [3.05, 3.63) is 41.8 Å². The van der Waals surface area contributed by atoms with Crippen LogP contribution in [0.3, 0.4) is 0 Å². The van der Waals surface area contributed by atoms with Crippen molar-refractivity contribution < 1.29 is 52.1 Å². The normalized spacial score (nSPS) is 16.6. The molecule has 0 aliphatic carbocycles. The number of hydrogen-bond acceptors (Lipinski definition) is 9. The van der Waals surface area contributed by atoms with Crippen LogP contribution in [0.15, 0.2) is 30.3 Å². The third kappa shape index (κ3) is 8.95. The van der Waals surface area contributed by atoms with Gasteiger partial charge in [0.1, 0.15) is 24.6 Å². The van der Waals surface area contributed by atoms with Crippen LogP contribution in [0.1, 0.15) is 36.7 Å². The van der Waals surface area contributed by atoms with Gasteiger partial charge in [-0.25, -0.2) is 18.3 Å². The SMILES string of the molecule is CCOC(=O)N1CCN(C(=O)C(CC(=O)O)NC(=O)c2cc(OCC(=O)N3CCC[C@H]3C(=O)NCCF)n(-c3cccc(F)c3)n2)CC1. The minimum atomic E-state index is -1.50. The first kappa shape index (κ1) is 35.6. The maximum Gasteiger partial charge on any atom is 0.409 e. The Morgan fingerprint density at radius 1 is 1.06 bits per heavy atom. The molecule has 18 heteroatoms. The maximum atomic E-state index is 14.1. The number of aliphatic carboxylic acids is 1. The van der Waals surface area contributed by atoms with E-state index in [0.717, 1.165) is 16.8 Å². The first-order valence-electron chi connectivity index (χ1n) is 15.4. The fraction of sp³-hybridized carbons (Fsp3) is 0.500. The first-order chi connectivity index (χ1) is 23.0. The molecule has 3 N–H and O–H groups in total. The molecule has 48 heavy (non-hydrogen) atoms. The molecular weight excluding hydrogens is 640 g/mol. The molecular formula is C30H37F2N7O9. The third-order valence-electron chi connectivity index (χ3n) is 7.67. The molecule has 16 nitrogen and oxygen atoms in total. The quantitative estimate of drug-likeness (QED) is 0.266. The Morgan fingerprint density at radius 2 is 1.79 bits per heavy atom. The summed E-state index contributed by atoms with van der Waals surface area (Å²) in [4.78, 5) is 79.8. The lowest BCUT2D eigenvalue weighted by molar-refractivity contribution is -0.143. The number of hydrogen-bond donors (Lipinski definition) is 3. The highest BCUT2D eigenvalue weighted by Crippen LogP contribution is 2.23. The zero-order valence-electron chi connectivity index (χ0n) is 26.2. The molecule has 2 aromatic rings. The summed E-state index contributed by atoms with van der Waals surface area (Å²) in [5.41, 5.74) is -0.208. The summed E-state index contributed by atoms with van der Waals surface area (Å²) < 4.78 is 38.4. The fourth-order valence-corrected chi connectivity index (χ4v) is 5.37. The second-order valence-corrected chi connectivity index (χ2v) is 10.9. The van der Waals surface area contributed by atoms with Crippen LogP contribution in [0, 0.1) is 5.82 Å². The maximum absolute atomic E-state index is 14.1. The molecule has 1 aromatic carbocycles. The smallest absolute Gasteiger partial charge is 0.409 e. The third-order valence-corrected chi connectivity index (χ3v) is 7.67. The Kier molecular flexibility index (Phi) is 12.2. The topological polar surface area (TPSA) is 193 Å². The summed E-state index contributed by atoms with van der Waals surface area (Å²) in [7, 11) is 0. The van der Waals surface area contributed by atoms with Crippen LogP contribution in [0.4, 0.5) is 13.6 Å². The van der Waals surface area contributed by atoms with Crippen molar-refractivity contribution in [2.24, 2.45) is 0 Å². The van der Waals surface area contributed by atoms with Crippen LogP contribution in [0.2, 0.25) is 0 Å². The number of aromatic nitrogens is 2. The van der Waals surface area contributed by atoms with Crippen molar-refractivity contribution in [2.45, 2.75) is 38.3 Å². The predicted octanol–water partition coefficient (Wildman–Crippen LogP) is 0.341. The molecule has 3 heterocycles. The number of nitrogens with one attached hydrogen (secondary N) is 2. The number of carboxylic acid groups (broad SMARTS) is 1. The molecule has 0 saturated carbocycles. The number of carboxylic acids is 1. The molecule has 1 unspecified atom stereocenters. The van der Waals surface area contributed by atoms with E-state index in [1.54, 1.807) is 6.92 Å². The van der Waals surface area contributed by atoms with Crippen molar-refractivity contribution in [3.63, 3.8) is 0 Å². The first-order valence-corrected chi connectivity index (χ1v) is 15.4. The predicted molar refractivity (Wildman–Crippen MR) is 161 cm³/mol. The number of ether oxygens (including phenoxy) is 2. The van der Waals surface area contributed by atoms with E-state index < -0.39 is 73.3 Å². The van der Waals surface area contributed by atoms with Gasteiger partial charge in [0.15, 0.2) is 12.3 Å². The number of rotatable bonds is 13. The van der Waals surface area contributed by atoms with Gasteiger partial charge in [0.05, 0.1) is 18.7 Å². The number of amides is 5. The van der Waals surface area contributed by atoms with E-state index in [1.165, 1.54) is 32.9 Å². The van der Waals surface area contributed by atoms with E-state index in [2.05, 4.69) is 15.7 Å². The number of alkyl halides is 1. The van der Waals surface area contributed by atoms with Crippen molar-refractivity contribution >= 4 is 35.7 Å². The summed E-state index contributed by atoms with van der Waals surface area (Å²) in [6, 6.07) is 3.97. The lowest BCUT2D eigenvalue weighted by atomic mass is 10.1. The zero-order chi connectivity index (χ0) is 34.8. The molecule has 0 radical (unpaired) electrons. The minimum Gasteiger partial charge on any atom is -0.481 e. The van der Waals surface area contributed by atoms with Crippen LogP contribution in [0.25, 0.3) is 5.69 Å². The number of nitrogens with zero attached hydrogens (tertiary/aromatic N) is 5. The lowest BCUT2D eigenvalue weighted by Gasteiger charge is -2.35. The molecule has 260 valence electrons. The summed E-state index contributed by atoms with van der Waals surface area (Å²) in [5, 5.41) is 18.5. The summed E-state index contributed by atoms with van der Waals surface area (Å²) in [5.74, 6) is -4.84. The Balaban J connectivity index is 1.50. The van der Waals surface area contributed by atoms with Gasteiger partial charge in [0.2, 0.25) is 17.7 Å². The van der Waals surface area contributed by atoms with E-state index in [9.17, 15) is 42.7 Å². The van der Waals surface area contributed by atoms with Crippen molar-refractivity contribution in [1.29, 1.82) is 0 Å². The number of likely N-dealkylation sites (tertiary alicyclic amines) is 1. The van der Waals surface area contributed by atoms with E-state index in [0.29, 0.717) is 12.8 Å². The molecule has 0 spiro atoms. The second-order valence-electron chi connectivity index (χ2n) is 10.9. The number of carbonyl (C=O) groups excluding carboxylic acids is 5. The minimum absolute atomic E-state index is 0.0826. The number of piperazine rings is 1. The molecule has 2 fully saturated rings. The number of benzene rings is 1. The average molecular weight is 678 g/mol. The van der Waals surface area contributed by atoms with Crippen molar-refractivity contribution in [1.82, 2.24) is 35.1 Å². The second kappa shape index (κ2) is 16.5. The standard InChI is InChI=1S/C30H37F2N7O9/c1-2-47-30(46)37-13-11-36(12-14-37)29(45)22(17-26(41)42)34-27(43)21-16-25(39(35-21)20-6-3-5-19(32)15-20)48-18-24(40)38-10-4-7-23(38)28(44)33-9-8-31/h3,5-6,15-16,22-23H,2,4,7-14,17-18H2,1H3,(H,33,44)(H,34,43)(H,41,42)/t22?,23-/m0/s1. The highest BCUT2D eigenvalue weighted by Gasteiger charge is 2.35. The van der Waals surface area contributed by atoms with E-state index in [1.807, 2.05) is 0 Å². The highest BCUT2D eigenvalue weighted by molar-refractivity contribution is 5.97. The molecule has 4 rings (SSSR count). The van der Waals surface area contributed by atoms with Gasteiger partial charge in [-0.2, -0.15) is 5.10 Å². The zero-order valence-corrected chi connectivity index (χ0v) is 26.2. The van der Waals surface area contributed by atoms with Crippen molar-refractivity contribution in [2.75, 3.05) is 59.2 Å². The summed E-state index contributed by atoms with van der Waals surface area (Å²) >= 11 is 0. The van der Waals surface area contributed by atoms with Gasteiger partial charge in [-0.3, -0.25) is 24.0 Å². The van der Waals surface area contributed by atoms with E-state index in [4.69, 9.17) is 9.47 Å². The number of halogens is 2. The van der Waals surface area contributed by atoms with Gasteiger partial charge in [0.25, 0.3) is 11.8 Å². The molecule has 2 saturated heterocycles. The van der Waals surface area contributed by atoms with Gasteiger partial charge in [0, 0.05) is 45.3 Å². The van der Waals surface area contributed by atoms with Crippen LogP contribution >= 0.6 is 0 Å². The Bertz CT molecular complexity index is 1510. The summed E-state index contributed by atoms with van der Waals surface area (Å²) in [6.45, 7) is 1.05. The number of carbonyl (C=O) groups is 6. The average Bonchev–Trinajstić information content (AvgIpc) is 3.74. The van der Waals surface area contributed by atoms with Crippen LogP contribution in [-0.4, -0.2) is 137 Å². The molecule has 0 bridgehead atoms. The Labute approximate surface area is 273 Å². The van der Waals surface area contributed by atoms with Crippen molar-refractivity contribution in [3.8, 4) is 11.6 Å². The molecule has 2 aliphatic heterocycles. The molecule has 2 atom stereocenters. The van der Waals surface area contributed by atoms with Gasteiger partial charge < -0.3 is 39.9 Å². The summed E-state index contributed by atoms with van der Waals surface area (Å²) in [6.07, 6.45) is -0.358. The van der Waals surface area contributed by atoms with E-state index >= 15 is 0 Å². The van der Waals surface area contributed by atoms with E-state index in [-0.39, 0.29) is 63.1 Å². The molecule has 5 amide bonds. The Hall–Kier alpha value is -5.29. The highest BCUT2D eigenvalue weighted by atomic mass is 19.1. The largest absolute Gasteiger partial charge is 0.481 e. The van der Waals surface area contributed by atoms with Gasteiger partial charge in [-0.15, -0.1) is 0 Å². The molecule has 2 aliphatic rings. The van der Waals surface area contributed by atoms with Gasteiger partial charge in [-0.05, 0) is 38.0 Å². The van der Waals surface area contributed by atoms with Crippen LogP contribution in [-0.2, 0) is 23.9 Å². The lowest BCUT2D eigenvalue weighted by Crippen LogP contribution is -2.56. The Morgan fingerprint density at radius 3 is 2.46 bits per heavy atom. The van der Waals surface area contributed by atoms with Gasteiger partial charge in [-0.1, -0.05) is 6.07 Å². The van der Waals surface area contributed by atoms with Gasteiger partial charge >= 0.3 is 12.1 Å².